The molecule has 4 atom stereocenters. The summed E-state index contributed by atoms with van der Waals surface area (Å²) in [6.45, 7) is 2.26. The van der Waals surface area contributed by atoms with Crippen LogP contribution in [0.25, 0.3) is 0 Å². The van der Waals surface area contributed by atoms with Gasteiger partial charge in [0.05, 0.1) is 17.1 Å². The lowest BCUT2D eigenvalue weighted by molar-refractivity contribution is -0.0668. The van der Waals surface area contributed by atoms with E-state index >= 15 is 0 Å². The third kappa shape index (κ3) is 2.16. The van der Waals surface area contributed by atoms with Crippen molar-refractivity contribution in [1.82, 2.24) is 4.31 Å². The summed E-state index contributed by atoms with van der Waals surface area (Å²) in [6.07, 6.45) is -0.773. The maximum absolute atomic E-state index is 13.6. The lowest BCUT2D eigenvalue weighted by Gasteiger charge is -2.50. The van der Waals surface area contributed by atoms with Crippen LogP contribution in [0.1, 0.15) is 30.4 Å². The average Bonchev–Trinajstić information content (AvgIpc) is 3.11. The van der Waals surface area contributed by atoms with Crippen molar-refractivity contribution >= 4 is 15.7 Å². The molecule has 2 aromatic rings. The first kappa shape index (κ1) is 18.1. The van der Waals surface area contributed by atoms with Crippen molar-refractivity contribution in [3.8, 4) is 0 Å². The van der Waals surface area contributed by atoms with Crippen LogP contribution < -0.4 is 5.32 Å². The molecule has 0 unspecified atom stereocenters. The van der Waals surface area contributed by atoms with Gasteiger partial charge in [-0.15, -0.1) is 0 Å². The van der Waals surface area contributed by atoms with Gasteiger partial charge in [-0.05, 0) is 43.5 Å². The Morgan fingerprint density at radius 2 is 1.71 bits per heavy atom. The largest absolute Gasteiger partial charge is 0.390 e. The van der Waals surface area contributed by atoms with Crippen LogP contribution in [-0.4, -0.2) is 47.4 Å². The Balaban J connectivity index is 1.68. The van der Waals surface area contributed by atoms with Crippen molar-refractivity contribution in [2.75, 3.05) is 11.9 Å². The van der Waals surface area contributed by atoms with Gasteiger partial charge < -0.3 is 15.5 Å². The van der Waals surface area contributed by atoms with Crippen molar-refractivity contribution in [3.63, 3.8) is 0 Å². The van der Waals surface area contributed by atoms with Crippen molar-refractivity contribution in [1.29, 1.82) is 0 Å². The molecule has 0 radical (unpaired) electrons. The molecule has 0 aromatic heterocycles. The highest BCUT2D eigenvalue weighted by Gasteiger charge is 2.70. The lowest BCUT2D eigenvalue weighted by Crippen LogP contribution is -2.65. The van der Waals surface area contributed by atoms with Crippen LogP contribution in [0.4, 0.5) is 5.69 Å². The summed E-state index contributed by atoms with van der Waals surface area (Å²) >= 11 is 0. The number of para-hydroxylation sites is 1. The molecule has 2 heterocycles. The van der Waals surface area contributed by atoms with Crippen LogP contribution in [0.15, 0.2) is 53.4 Å². The van der Waals surface area contributed by atoms with E-state index in [9.17, 15) is 18.6 Å². The van der Waals surface area contributed by atoms with E-state index < -0.39 is 33.3 Å². The summed E-state index contributed by atoms with van der Waals surface area (Å²) in [5.41, 5.74) is 1.38. The van der Waals surface area contributed by atoms with Crippen LogP contribution in [0.3, 0.4) is 0 Å². The number of aryl methyl sites for hydroxylation is 1. The second-order valence-corrected chi connectivity index (χ2v) is 10.2. The molecule has 0 spiro atoms. The van der Waals surface area contributed by atoms with Crippen molar-refractivity contribution in [2.45, 2.75) is 54.4 Å². The van der Waals surface area contributed by atoms with Gasteiger partial charge in [-0.2, -0.15) is 4.31 Å². The molecule has 3 N–H and O–H groups in total. The van der Waals surface area contributed by atoms with Gasteiger partial charge in [-0.25, -0.2) is 8.42 Å². The van der Waals surface area contributed by atoms with E-state index in [0.29, 0.717) is 19.4 Å². The molecule has 2 aromatic carbocycles. The highest BCUT2D eigenvalue weighted by molar-refractivity contribution is 7.89. The third-order valence-electron chi connectivity index (χ3n) is 6.86. The topological polar surface area (TPSA) is 89.9 Å². The van der Waals surface area contributed by atoms with Crippen molar-refractivity contribution in [3.05, 3.63) is 59.7 Å². The van der Waals surface area contributed by atoms with Gasteiger partial charge in [0.1, 0.15) is 5.66 Å². The first-order valence-corrected chi connectivity index (χ1v) is 11.1. The summed E-state index contributed by atoms with van der Waals surface area (Å²) in [6, 6.07) is 14.7. The van der Waals surface area contributed by atoms with E-state index in [-0.39, 0.29) is 11.3 Å². The van der Waals surface area contributed by atoms with Crippen LogP contribution in [0.5, 0.6) is 0 Å². The first-order chi connectivity index (χ1) is 13.3. The van der Waals surface area contributed by atoms with Gasteiger partial charge in [0, 0.05) is 24.1 Å². The van der Waals surface area contributed by atoms with E-state index in [0.717, 1.165) is 16.8 Å². The number of nitrogens with one attached hydrogen (secondary N) is 1. The quantitative estimate of drug-likeness (QED) is 0.717. The number of fused-ring (bicyclic) bond motifs is 1. The van der Waals surface area contributed by atoms with Gasteiger partial charge in [-0.1, -0.05) is 35.9 Å². The highest BCUT2D eigenvalue weighted by atomic mass is 32.2. The zero-order valence-electron chi connectivity index (χ0n) is 15.7. The van der Waals surface area contributed by atoms with E-state index in [2.05, 4.69) is 5.32 Å². The van der Waals surface area contributed by atoms with E-state index in [4.69, 9.17) is 0 Å². The van der Waals surface area contributed by atoms with Crippen LogP contribution >= 0.6 is 0 Å². The Labute approximate surface area is 164 Å². The number of aliphatic hydroxyl groups is 2. The van der Waals surface area contributed by atoms with Crippen molar-refractivity contribution < 1.29 is 18.6 Å². The lowest BCUT2D eigenvalue weighted by atomic mass is 9.63. The Hall–Kier alpha value is -1.93. The molecule has 2 aliphatic heterocycles. The smallest absolute Gasteiger partial charge is 0.245 e. The second kappa shape index (κ2) is 5.79. The minimum atomic E-state index is -3.78. The monoisotopic (exact) mass is 400 g/mol. The minimum Gasteiger partial charge on any atom is -0.390 e. The molecule has 5 rings (SSSR count). The molecule has 1 aliphatic carbocycles. The maximum Gasteiger partial charge on any atom is 0.245 e. The minimum absolute atomic E-state index is 0.147. The zero-order valence-corrected chi connectivity index (χ0v) is 16.5. The zero-order chi connectivity index (χ0) is 19.7. The van der Waals surface area contributed by atoms with Gasteiger partial charge >= 0.3 is 0 Å². The summed E-state index contributed by atoms with van der Waals surface area (Å²) in [7, 11) is -3.78. The number of aliphatic hydroxyl groups excluding tert-OH is 2. The van der Waals surface area contributed by atoms with E-state index in [1.165, 1.54) is 4.31 Å². The molecular weight excluding hydrogens is 376 g/mol. The summed E-state index contributed by atoms with van der Waals surface area (Å²) in [4.78, 5) is 0.252. The predicted molar refractivity (Wildman–Crippen MR) is 105 cm³/mol. The summed E-state index contributed by atoms with van der Waals surface area (Å²) in [5.74, 6) is 0. The summed E-state index contributed by atoms with van der Waals surface area (Å²) < 4.78 is 28.8. The molecule has 7 heteroatoms. The Morgan fingerprint density at radius 1 is 1.04 bits per heavy atom. The fourth-order valence-corrected chi connectivity index (χ4v) is 7.30. The van der Waals surface area contributed by atoms with Gasteiger partial charge in [0.2, 0.25) is 10.0 Å². The second-order valence-electron chi connectivity index (χ2n) is 8.30. The molecule has 1 saturated heterocycles. The number of sulfonamides is 1. The first-order valence-electron chi connectivity index (χ1n) is 9.64. The van der Waals surface area contributed by atoms with E-state index in [1.54, 1.807) is 24.3 Å². The molecule has 0 amide bonds. The molecule has 0 bridgehead atoms. The molecule has 148 valence electrons. The standard InChI is InChI=1S/C21H24N2O4S/c1-14-6-8-15(9-7-14)28(26,27)23-11-10-20-12-18(24)19(25)13-21(20,23)22-17-5-3-2-4-16(17)20/h2-9,18-19,22,24-25H,10-13H2,1H3/t18-,19+,20+,21-/m0/s1. The SMILES string of the molecule is Cc1ccc(S(=O)(=O)N2CC[C@]34C[C@H](O)[C@H](O)C[C@]23Nc2ccccc24)cc1. The molecule has 28 heavy (non-hydrogen) atoms. The number of hydrogen-bond donors (Lipinski definition) is 3. The predicted octanol–water partition coefficient (Wildman–Crippen LogP) is 1.96. The number of rotatable bonds is 2. The van der Waals surface area contributed by atoms with Gasteiger partial charge in [0.25, 0.3) is 0 Å². The van der Waals surface area contributed by atoms with Gasteiger partial charge in [0.15, 0.2) is 0 Å². The molecule has 3 aliphatic rings. The molecule has 2 fully saturated rings. The van der Waals surface area contributed by atoms with Gasteiger partial charge in [-0.3, -0.25) is 0 Å². The molecular formula is C21H24N2O4S. The normalized spacial score (nSPS) is 34.4. The maximum atomic E-state index is 13.6. The average molecular weight is 401 g/mol. The Bertz CT molecular complexity index is 1040. The fraction of sp³-hybridized carbons (Fsp3) is 0.429. The number of benzene rings is 2. The fourth-order valence-electron chi connectivity index (χ4n) is 5.52. The Morgan fingerprint density at radius 3 is 2.46 bits per heavy atom. The van der Waals surface area contributed by atoms with Crippen LogP contribution in [-0.2, 0) is 15.4 Å². The van der Waals surface area contributed by atoms with Crippen LogP contribution in [0.2, 0.25) is 0 Å². The highest BCUT2D eigenvalue weighted by Crippen LogP contribution is 2.62. The number of hydrogen-bond acceptors (Lipinski definition) is 5. The molecule has 1 saturated carbocycles. The Kier molecular flexibility index (Phi) is 3.75. The molecule has 6 nitrogen and oxygen atoms in total. The van der Waals surface area contributed by atoms with Crippen molar-refractivity contribution in [2.24, 2.45) is 0 Å². The van der Waals surface area contributed by atoms with E-state index in [1.807, 2.05) is 31.2 Å². The third-order valence-corrected chi connectivity index (χ3v) is 8.80. The number of nitrogens with zero attached hydrogens (tertiary/aromatic N) is 1. The van der Waals surface area contributed by atoms with Crippen LogP contribution in [0, 0.1) is 6.92 Å². The summed E-state index contributed by atoms with van der Waals surface area (Å²) in [5, 5.41) is 24.5. The number of anilines is 1.